The van der Waals surface area contributed by atoms with Crippen LogP contribution in [0.15, 0.2) is 54.6 Å². The molecule has 0 atom stereocenters. The van der Waals surface area contributed by atoms with Crippen molar-refractivity contribution in [2.75, 3.05) is 21.3 Å². The topological polar surface area (TPSA) is 44.8 Å². The third kappa shape index (κ3) is 4.07. The van der Waals surface area contributed by atoms with Crippen molar-refractivity contribution in [3.8, 4) is 17.2 Å². The van der Waals surface area contributed by atoms with Crippen molar-refractivity contribution in [2.45, 2.75) is 0 Å². The number of allylic oxidation sites excluding steroid dienone is 1. The van der Waals surface area contributed by atoms with Crippen LogP contribution in [-0.2, 0) is 0 Å². The highest BCUT2D eigenvalue weighted by atomic mass is 35.5. The van der Waals surface area contributed by atoms with Gasteiger partial charge in [0.1, 0.15) is 5.75 Å². The van der Waals surface area contributed by atoms with Gasteiger partial charge in [0, 0.05) is 5.56 Å². The van der Waals surface area contributed by atoms with E-state index in [0.29, 0.717) is 22.1 Å². The van der Waals surface area contributed by atoms with Crippen LogP contribution in [0.1, 0.15) is 15.9 Å². The summed E-state index contributed by atoms with van der Waals surface area (Å²) in [5.41, 5.74) is 1.35. The Hall–Kier alpha value is -2.98. The fourth-order valence-electron chi connectivity index (χ4n) is 2.81. The van der Waals surface area contributed by atoms with Crippen molar-refractivity contribution in [3.63, 3.8) is 0 Å². The summed E-state index contributed by atoms with van der Waals surface area (Å²) >= 11 is 6.20. The first kappa shape index (κ1) is 18.8. The summed E-state index contributed by atoms with van der Waals surface area (Å²) in [5.74, 6) is 1.66. The van der Waals surface area contributed by atoms with E-state index in [1.165, 1.54) is 20.3 Å². The Morgan fingerprint density at radius 1 is 0.889 bits per heavy atom. The van der Waals surface area contributed by atoms with E-state index < -0.39 is 0 Å². The number of benzene rings is 3. The molecule has 0 fully saturated rings. The maximum Gasteiger partial charge on any atom is 0.185 e. The van der Waals surface area contributed by atoms with E-state index in [9.17, 15) is 4.79 Å². The van der Waals surface area contributed by atoms with Gasteiger partial charge in [0.15, 0.2) is 17.3 Å². The number of fused-ring (bicyclic) bond motifs is 1. The Morgan fingerprint density at radius 2 is 1.63 bits per heavy atom. The molecule has 0 N–H and O–H groups in total. The zero-order chi connectivity index (χ0) is 19.4. The standard InChI is InChI=1S/C22H19ClO4/c1-25-18-8-7-15-12-17(6-5-16(15)13-18)20(24)9-4-14-10-19(23)22(27-3)21(11-14)26-2/h4-13H,1-3H3/b9-4+. The predicted molar refractivity (Wildman–Crippen MR) is 108 cm³/mol. The summed E-state index contributed by atoms with van der Waals surface area (Å²) in [6.07, 6.45) is 3.22. The molecule has 0 unspecified atom stereocenters. The fourth-order valence-corrected chi connectivity index (χ4v) is 3.10. The largest absolute Gasteiger partial charge is 0.497 e. The number of hydrogen-bond donors (Lipinski definition) is 0. The molecule has 0 spiro atoms. The van der Waals surface area contributed by atoms with E-state index in [2.05, 4.69) is 0 Å². The predicted octanol–water partition coefficient (Wildman–Crippen LogP) is 5.42. The second-order valence-corrected chi connectivity index (χ2v) is 6.27. The van der Waals surface area contributed by atoms with Gasteiger partial charge in [0.05, 0.1) is 26.4 Å². The van der Waals surface area contributed by atoms with Gasteiger partial charge in [-0.2, -0.15) is 0 Å². The van der Waals surface area contributed by atoms with Gasteiger partial charge in [-0.05, 0) is 52.7 Å². The van der Waals surface area contributed by atoms with Crippen molar-refractivity contribution in [3.05, 3.63) is 70.8 Å². The molecule has 4 nitrogen and oxygen atoms in total. The highest BCUT2D eigenvalue weighted by molar-refractivity contribution is 6.32. The number of rotatable bonds is 6. The van der Waals surface area contributed by atoms with Crippen LogP contribution in [0.2, 0.25) is 5.02 Å². The average Bonchev–Trinajstić information content (AvgIpc) is 2.70. The first-order valence-electron chi connectivity index (χ1n) is 8.27. The van der Waals surface area contributed by atoms with Crippen LogP contribution in [0.25, 0.3) is 16.8 Å². The van der Waals surface area contributed by atoms with E-state index in [1.807, 2.05) is 30.3 Å². The maximum absolute atomic E-state index is 12.5. The molecule has 3 aromatic rings. The first-order valence-corrected chi connectivity index (χ1v) is 8.65. The van der Waals surface area contributed by atoms with E-state index >= 15 is 0 Å². The minimum atomic E-state index is -0.0985. The Kier molecular flexibility index (Phi) is 5.67. The highest BCUT2D eigenvalue weighted by Gasteiger charge is 2.10. The Morgan fingerprint density at radius 3 is 2.33 bits per heavy atom. The van der Waals surface area contributed by atoms with Crippen LogP contribution in [0.4, 0.5) is 0 Å². The summed E-state index contributed by atoms with van der Waals surface area (Å²) in [4.78, 5) is 12.5. The fraction of sp³-hybridized carbons (Fsp3) is 0.136. The molecule has 0 aliphatic rings. The van der Waals surface area contributed by atoms with Gasteiger partial charge in [-0.3, -0.25) is 4.79 Å². The lowest BCUT2D eigenvalue weighted by Gasteiger charge is -2.10. The zero-order valence-corrected chi connectivity index (χ0v) is 16.0. The summed E-state index contributed by atoms with van der Waals surface area (Å²) in [5, 5.41) is 2.41. The summed E-state index contributed by atoms with van der Waals surface area (Å²) < 4.78 is 15.7. The molecule has 0 radical (unpaired) electrons. The van der Waals surface area contributed by atoms with E-state index in [0.717, 1.165) is 22.1 Å². The van der Waals surface area contributed by atoms with Gasteiger partial charge in [-0.15, -0.1) is 0 Å². The lowest BCUT2D eigenvalue weighted by atomic mass is 10.0. The molecule has 3 aromatic carbocycles. The van der Waals surface area contributed by atoms with Crippen molar-refractivity contribution >= 4 is 34.2 Å². The minimum Gasteiger partial charge on any atom is -0.497 e. The van der Waals surface area contributed by atoms with Crippen LogP contribution in [0, 0.1) is 0 Å². The van der Waals surface area contributed by atoms with Crippen LogP contribution in [0.3, 0.4) is 0 Å². The lowest BCUT2D eigenvalue weighted by Crippen LogP contribution is -1.95. The van der Waals surface area contributed by atoms with E-state index in [1.54, 1.807) is 31.4 Å². The van der Waals surface area contributed by atoms with E-state index in [-0.39, 0.29) is 5.78 Å². The maximum atomic E-state index is 12.5. The van der Waals surface area contributed by atoms with Gasteiger partial charge in [0.2, 0.25) is 0 Å². The quantitative estimate of drug-likeness (QED) is 0.422. The molecule has 3 rings (SSSR count). The van der Waals surface area contributed by atoms with Gasteiger partial charge in [0.25, 0.3) is 0 Å². The number of ketones is 1. The summed E-state index contributed by atoms with van der Waals surface area (Å²) in [7, 11) is 4.69. The molecule has 0 aliphatic carbocycles. The Balaban J connectivity index is 1.86. The normalized spacial score (nSPS) is 11.0. The van der Waals surface area contributed by atoms with Crippen molar-refractivity contribution in [1.29, 1.82) is 0 Å². The van der Waals surface area contributed by atoms with Crippen molar-refractivity contribution in [1.82, 2.24) is 0 Å². The molecule has 0 aromatic heterocycles. The molecule has 0 heterocycles. The Bertz CT molecular complexity index is 1020. The first-order chi connectivity index (χ1) is 13.0. The molecule has 0 saturated carbocycles. The lowest BCUT2D eigenvalue weighted by molar-refractivity contribution is 0.104. The number of hydrogen-bond acceptors (Lipinski definition) is 4. The zero-order valence-electron chi connectivity index (χ0n) is 15.3. The summed E-state index contributed by atoms with van der Waals surface area (Å²) in [6, 6.07) is 14.8. The molecule has 0 bridgehead atoms. The van der Waals surface area contributed by atoms with Crippen LogP contribution >= 0.6 is 11.6 Å². The van der Waals surface area contributed by atoms with Gasteiger partial charge >= 0.3 is 0 Å². The number of carbonyl (C=O) groups excluding carboxylic acids is 1. The molecule has 0 amide bonds. The summed E-state index contributed by atoms with van der Waals surface area (Å²) in [6.45, 7) is 0. The second-order valence-electron chi connectivity index (χ2n) is 5.86. The SMILES string of the molecule is COc1ccc2cc(C(=O)/C=C/c3cc(Cl)c(OC)c(OC)c3)ccc2c1. The third-order valence-electron chi connectivity index (χ3n) is 4.21. The molecule has 0 aliphatic heterocycles. The Labute approximate surface area is 162 Å². The monoisotopic (exact) mass is 382 g/mol. The van der Waals surface area contributed by atoms with Gasteiger partial charge < -0.3 is 14.2 Å². The van der Waals surface area contributed by atoms with Crippen molar-refractivity contribution < 1.29 is 19.0 Å². The number of methoxy groups -OCH3 is 3. The van der Waals surface area contributed by atoms with Gasteiger partial charge in [-0.1, -0.05) is 35.9 Å². The molecule has 0 saturated heterocycles. The molecule has 27 heavy (non-hydrogen) atoms. The number of ether oxygens (including phenoxy) is 3. The van der Waals surface area contributed by atoms with Crippen LogP contribution < -0.4 is 14.2 Å². The third-order valence-corrected chi connectivity index (χ3v) is 4.50. The van der Waals surface area contributed by atoms with E-state index in [4.69, 9.17) is 25.8 Å². The highest BCUT2D eigenvalue weighted by Crippen LogP contribution is 2.36. The smallest absolute Gasteiger partial charge is 0.185 e. The van der Waals surface area contributed by atoms with Gasteiger partial charge in [-0.25, -0.2) is 0 Å². The van der Waals surface area contributed by atoms with Crippen LogP contribution in [0.5, 0.6) is 17.2 Å². The molecule has 5 heteroatoms. The average molecular weight is 383 g/mol. The molecular formula is C22H19ClO4. The number of halogens is 1. The van der Waals surface area contributed by atoms with Crippen molar-refractivity contribution in [2.24, 2.45) is 0 Å². The minimum absolute atomic E-state index is 0.0985. The second kappa shape index (κ2) is 8.14. The van der Waals surface area contributed by atoms with Crippen LogP contribution in [-0.4, -0.2) is 27.1 Å². The molecule has 138 valence electrons. The number of carbonyl (C=O) groups is 1. The molecular weight excluding hydrogens is 364 g/mol.